The molecule has 0 aliphatic heterocycles. The third kappa shape index (κ3) is 7.75. The van der Waals surface area contributed by atoms with E-state index in [0.29, 0.717) is 39.8 Å². The summed E-state index contributed by atoms with van der Waals surface area (Å²) in [6.07, 6.45) is 9.34. The van der Waals surface area contributed by atoms with Crippen LogP contribution in [-0.4, -0.2) is 39.2 Å². The lowest BCUT2D eigenvalue weighted by Gasteiger charge is -2.19. The summed E-state index contributed by atoms with van der Waals surface area (Å²) in [5.41, 5.74) is 4.01. The summed E-state index contributed by atoms with van der Waals surface area (Å²) in [7, 11) is 0. The number of carbonyl (C=O) groups is 1. The monoisotopic (exact) mass is 567 g/mol. The van der Waals surface area contributed by atoms with Gasteiger partial charge in [0.1, 0.15) is 5.75 Å². The molecule has 0 aliphatic carbocycles. The van der Waals surface area contributed by atoms with Crippen LogP contribution in [-0.2, 0) is 6.42 Å². The van der Waals surface area contributed by atoms with Gasteiger partial charge in [-0.2, -0.15) is 0 Å². The van der Waals surface area contributed by atoms with Gasteiger partial charge in [0.15, 0.2) is 5.65 Å². The number of aliphatic hydroxyl groups excluding tert-OH is 1. The van der Waals surface area contributed by atoms with Crippen molar-refractivity contribution in [3.8, 4) is 17.0 Å². The Bertz CT molecular complexity index is 1390. The van der Waals surface area contributed by atoms with Crippen LogP contribution in [0.15, 0.2) is 67.0 Å². The van der Waals surface area contributed by atoms with Crippen molar-refractivity contribution < 1.29 is 14.6 Å². The molecule has 1 unspecified atom stereocenters. The van der Waals surface area contributed by atoms with E-state index in [-0.39, 0.29) is 24.7 Å². The average molecular weight is 569 g/mol. The molecule has 0 bridgehead atoms. The molecule has 0 fully saturated rings. The van der Waals surface area contributed by atoms with Crippen molar-refractivity contribution in [3.05, 3.63) is 88.2 Å². The van der Waals surface area contributed by atoms with Crippen molar-refractivity contribution >= 4 is 34.8 Å². The lowest BCUT2D eigenvalue weighted by Crippen LogP contribution is -2.37. The number of nitrogens with one attached hydrogen (secondary N) is 1. The van der Waals surface area contributed by atoms with Crippen LogP contribution >= 0.6 is 23.2 Å². The zero-order valence-corrected chi connectivity index (χ0v) is 23.9. The SMILES string of the molecule is CCCCCC(C)Oc1ccc(C(=O)N[C@H](CCO)Cc2ccc(-c3cn4cccc(Cl)c4n3)cc2)cc1Cl. The quantitative estimate of drug-likeness (QED) is 0.165. The standard InChI is InChI=1S/C31H35Cl2N3O3/c1-3-4-5-7-21(2)39-29-14-13-24(19-27(29)33)31(38)34-25(15-17-37)18-22-9-11-23(12-10-22)28-20-36-16-6-8-26(32)30(36)35-28/h6,8-14,16,19-21,25,37H,3-5,7,15,17-18H2,1-2H3,(H,34,38)/t21?,25-/m1/s1. The Balaban J connectivity index is 1.38. The number of unbranched alkanes of at least 4 members (excludes halogenated alkanes) is 2. The summed E-state index contributed by atoms with van der Waals surface area (Å²) in [6.45, 7) is 4.17. The molecule has 39 heavy (non-hydrogen) atoms. The third-order valence-electron chi connectivity index (χ3n) is 6.72. The molecule has 4 aromatic rings. The molecule has 0 saturated carbocycles. The Morgan fingerprint density at radius 1 is 1.08 bits per heavy atom. The van der Waals surface area contributed by atoms with Gasteiger partial charge < -0.3 is 19.6 Å². The molecule has 6 nitrogen and oxygen atoms in total. The van der Waals surface area contributed by atoms with Crippen LogP contribution in [0.4, 0.5) is 0 Å². The molecule has 206 valence electrons. The number of benzene rings is 2. The first-order valence-corrected chi connectivity index (χ1v) is 14.2. The van der Waals surface area contributed by atoms with Crippen molar-refractivity contribution in [3.63, 3.8) is 0 Å². The van der Waals surface area contributed by atoms with E-state index < -0.39 is 0 Å². The minimum atomic E-state index is -0.240. The largest absolute Gasteiger partial charge is 0.489 e. The second-order valence-corrected chi connectivity index (χ2v) is 10.7. The van der Waals surface area contributed by atoms with Crippen LogP contribution in [0, 0.1) is 0 Å². The molecule has 4 rings (SSSR count). The molecule has 0 radical (unpaired) electrons. The van der Waals surface area contributed by atoms with Crippen LogP contribution in [0.2, 0.25) is 10.0 Å². The minimum absolute atomic E-state index is 0.0332. The van der Waals surface area contributed by atoms with Gasteiger partial charge in [-0.15, -0.1) is 0 Å². The van der Waals surface area contributed by atoms with Gasteiger partial charge in [-0.3, -0.25) is 4.79 Å². The molecular weight excluding hydrogens is 533 g/mol. The van der Waals surface area contributed by atoms with Crippen LogP contribution in [0.1, 0.15) is 61.9 Å². The number of hydrogen-bond donors (Lipinski definition) is 2. The first-order valence-electron chi connectivity index (χ1n) is 13.5. The Morgan fingerprint density at radius 3 is 2.56 bits per heavy atom. The van der Waals surface area contributed by atoms with Gasteiger partial charge in [0.05, 0.1) is 21.8 Å². The summed E-state index contributed by atoms with van der Waals surface area (Å²) in [4.78, 5) is 17.7. The molecule has 8 heteroatoms. The predicted octanol–water partition coefficient (Wildman–Crippen LogP) is 7.38. The fourth-order valence-corrected chi connectivity index (χ4v) is 5.00. The van der Waals surface area contributed by atoms with E-state index in [1.165, 1.54) is 12.8 Å². The Labute approximate surface area is 239 Å². The molecule has 1 amide bonds. The fourth-order valence-electron chi connectivity index (χ4n) is 4.56. The topological polar surface area (TPSA) is 75.9 Å². The highest BCUT2D eigenvalue weighted by Crippen LogP contribution is 2.28. The van der Waals surface area contributed by atoms with Gasteiger partial charge in [0, 0.05) is 36.2 Å². The summed E-state index contributed by atoms with van der Waals surface area (Å²) in [5, 5.41) is 13.7. The van der Waals surface area contributed by atoms with E-state index >= 15 is 0 Å². The summed E-state index contributed by atoms with van der Waals surface area (Å²) < 4.78 is 7.88. The van der Waals surface area contributed by atoms with Crippen molar-refractivity contribution in [1.82, 2.24) is 14.7 Å². The Hall–Kier alpha value is -3.06. The lowest BCUT2D eigenvalue weighted by molar-refractivity contribution is 0.0930. The van der Waals surface area contributed by atoms with Crippen molar-refractivity contribution in [1.29, 1.82) is 0 Å². The predicted molar refractivity (Wildman–Crippen MR) is 158 cm³/mol. The van der Waals surface area contributed by atoms with E-state index in [2.05, 4.69) is 17.2 Å². The van der Waals surface area contributed by atoms with Gasteiger partial charge in [-0.1, -0.05) is 67.2 Å². The number of pyridine rings is 1. The van der Waals surface area contributed by atoms with E-state index in [1.807, 2.05) is 60.1 Å². The zero-order valence-electron chi connectivity index (χ0n) is 22.4. The maximum Gasteiger partial charge on any atom is 0.251 e. The summed E-state index contributed by atoms with van der Waals surface area (Å²) in [5.74, 6) is 0.341. The molecule has 0 saturated heterocycles. The van der Waals surface area contributed by atoms with Crippen molar-refractivity contribution in [2.45, 2.75) is 64.5 Å². The Kier molecular flexibility index (Phi) is 10.3. The number of ether oxygens (including phenoxy) is 1. The highest BCUT2D eigenvalue weighted by molar-refractivity contribution is 6.33. The van der Waals surface area contributed by atoms with Crippen LogP contribution < -0.4 is 10.1 Å². The number of nitrogens with zero attached hydrogens (tertiary/aromatic N) is 2. The molecule has 0 aliphatic rings. The maximum atomic E-state index is 13.0. The van der Waals surface area contributed by atoms with Gasteiger partial charge in [0.2, 0.25) is 0 Å². The van der Waals surface area contributed by atoms with Gasteiger partial charge in [-0.25, -0.2) is 4.98 Å². The number of rotatable bonds is 13. The minimum Gasteiger partial charge on any atom is -0.489 e. The van der Waals surface area contributed by atoms with Crippen LogP contribution in [0.25, 0.3) is 16.9 Å². The lowest BCUT2D eigenvalue weighted by atomic mass is 10.0. The fraction of sp³-hybridized carbons (Fsp3) is 0.355. The summed E-state index contributed by atoms with van der Waals surface area (Å²) >= 11 is 12.7. The van der Waals surface area contributed by atoms with Gasteiger partial charge >= 0.3 is 0 Å². The smallest absolute Gasteiger partial charge is 0.251 e. The van der Waals surface area contributed by atoms with Crippen LogP contribution in [0.3, 0.4) is 0 Å². The molecule has 2 atom stereocenters. The van der Waals surface area contributed by atoms with Gasteiger partial charge in [0.25, 0.3) is 5.91 Å². The molecule has 0 spiro atoms. The number of imidazole rings is 1. The Morgan fingerprint density at radius 2 is 1.87 bits per heavy atom. The highest BCUT2D eigenvalue weighted by atomic mass is 35.5. The number of halogens is 2. The number of fused-ring (bicyclic) bond motifs is 1. The van der Waals surface area contributed by atoms with Gasteiger partial charge in [-0.05, 0) is 68.5 Å². The third-order valence-corrected chi connectivity index (χ3v) is 7.31. The number of aromatic nitrogens is 2. The van der Waals surface area contributed by atoms with E-state index in [1.54, 1.807) is 18.2 Å². The zero-order chi connectivity index (χ0) is 27.8. The van der Waals surface area contributed by atoms with E-state index in [0.717, 1.165) is 29.7 Å². The molecule has 2 N–H and O–H groups in total. The van der Waals surface area contributed by atoms with Crippen LogP contribution in [0.5, 0.6) is 5.75 Å². The normalized spacial score (nSPS) is 12.8. The number of aliphatic hydroxyl groups is 1. The molecule has 2 heterocycles. The van der Waals surface area contributed by atoms with Crippen molar-refractivity contribution in [2.75, 3.05) is 6.61 Å². The first kappa shape index (κ1) is 28.9. The molecular formula is C31H35Cl2N3O3. The van der Waals surface area contributed by atoms with E-state index in [4.69, 9.17) is 27.9 Å². The van der Waals surface area contributed by atoms with Crippen molar-refractivity contribution in [2.24, 2.45) is 0 Å². The van der Waals surface area contributed by atoms with E-state index in [9.17, 15) is 9.90 Å². The number of carbonyl (C=O) groups excluding carboxylic acids is 1. The summed E-state index contributed by atoms with van der Waals surface area (Å²) in [6, 6.07) is 16.6. The number of hydrogen-bond acceptors (Lipinski definition) is 4. The average Bonchev–Trinajstić information content (AvgIpc) is 3.36. The molecule has 2 aromatic heterocycles. The number of amides is 1. The second-order valence-electron chi connectivity index (χ2n) is 9.87. The highest BCUT2D eigenvalue weighted by Gasteiger charge is 2.17. The first-order chi connectivity index (χ1) is 18.9. The maximum absolute atomic E-state index is 13.0. The molecule has 2 aromatic carbocycles. The second kappa shape index (κ2) is 13.8.